The number of anilines is 1. The SMILES string of the molecule is O=C(O[C@H]1CCCO[C@]12CCCCO2)c1cc(N([O-])O)cc([N+](=O)[O-])c1. The van der Waals surface area contributed by atoms with Gasteiger partial charge in [0.15, 0.2) is 6.10 Å². The molecule has 2 atom stereocenters. The number of rotatable bonds is 4. The van der Waals surface area contributed by atoms with Gasteiger partial charge in [-0.25, -0.2) is 4.79 Å². The van der Waals surface area contributed by atoms with E-state index in [0.29, 0.717) is 32.5 Å². The van der Waals surface area contributed by atoms with Crippen LogP contribution in [0.1, 0.15) is 42.5 Å². The van der Waals surface area contributed by atoms with E-state index in [1.807, 2.05) is 0 Å². The molecule has 10 nitrogen and oxygen atoms in total. The number of nitrogens with zero attached hydrogens (tertiary/aromatic N) is 2. The van der Waals surface area contributed by atoms with Crippen molar-refractivity contribution in [1.82, 2.24) is 0 Å². The average molecular weight is 367 g/mol. The Labute approximate surface area is 148 Å². The number of benzene rings is 1. The zero-order chi connectivity index (χ0) is 18.7. The zero-order valence-corrected chi connectivity index (χ0v) is 14.0. The summed E-state index contributed by atoms with van der Waals surface area (Å²) in [4.78, 5) is 22.8. The van der Waals surface area contributed by atoms with Crippen molar-refractivity contribution in [2.45, 2.75) is 44.0 Å². The highest BCUT2D eigenvalue weighted by Crippen LogP contribution is 2.37. The molecule has 0 aliphatic carbocycles. The molecule has 1 aromatic rings. The molecule has 1 aromatic carbocycles. The third-order valence-corrected chi connectivity index (χ3v) is 4.53. The second kappa shape index (κ2) is 7.54. The van der Waals surface area contributed by atoms with Crippen LogP contribution in [0.5, 0.6) is 0 Å². The van der Waals surface area contributed by atoms with E-state index in [1.54, 1.807) is 0 Å². The van der Waals surface area contributed by atoms with E-state index in [9.17, 15) is 20.1 Å². The number of hydrogen-bond acceptors (Lipinski definition) is 9. The molecule has 0 unspecified atom stereocenters. The fraction of sp³-hybridized carbons (Fsp3) is 0.562. The first-order chi connectivity index (χ1) is 12.4. The summed E-state index contributed by atoms with van der Waals surface area (Å²) in [7, 11) is 0. The molecule has 2 aliphatic rings. The van der Waals surface area contributed by atoms with Crippen LogP contribution in [0.15, 0.2) is 18.2 Å². The molecule has 1 N–H and O–H groups in total. The van der Waals surface area contributed by atoms with Gasteiger partial charge in [0.25, 0.3) is 5.69 Å². The Hall–Kier alpha value is -2.27. The predicted octanol–water partition coefficient (Wildman–Crippen LogP) is 2.52. The summed E-state index contributed by atoms with van der Waals surface area (Å²) >= 11 is 0. The van der Waals surface area contributed by atoms with Gasteiger partial charge in [-0.2, -0.15) is 0 Å². The zero-order valence-electron chi connectivity index (χ0n) is 14.0. The fourth-order valence-electron chi connectivity index (χ4n) is 3.26. The molecule has 0 saturated carbocycles. The Morgan fingerprint density at radius 3 is 2.65 bits per heavy atom. The molecule has 2 saturated heterocycles. The maximum Gasteiger partial charge on any atom is 0.338 e. The van der Waals surface area contributed by atoms with Crippen molar-refractivity contribution in [3.05, 3.63) is 39.1 Å². The van der Waals surface area contributed by atoms with Gasteiger partial charge in [-0.3, -0.25) is 15.3 Å². The number of esters is 1. The van der Waals surface area contributed by atoms with Crippen LogP contribution in [0, 0.1) is 15.3 Å². The van der Waals surface area contributed by atoms with Crippen LogP contribution in [0.4, 0.5) is 11.4 Å². The Morgan fingerprint density at radius 2 is 2.00 bits per heavy atom. The van der Waals surface area contributed by atoms with Gasteiger partial charge in [0.2, 0.25) is 5.79 Å². The van der Waals surface area contributed by atoms with Crippen LogP contribution in [0.3, 0.4) is 0 Å². The van der Waals surface area contributed by atoms with Crippen LogP contribution in [0.2, 0.25) is 0 Å². The monoisotopic (exact) mass is 367 g/mol. The van der Waals surface area contributed by atoms with E-state index < -0.39 is 39.4 Å². The largest absolute Gasteiger partial charge is 0.733 e. The van der Waals surface area contributed by atoms with Gasteiger partial charge >= 0.3 is 5.97 Å². The quantitative estimate of drug-likeness (QED) is 0.484. The third kappa shape index (κ3) is 3.78. The first-order valence-electron chi connectivity index (χ1n) is 8.36. The summed E-state index contributed by atoms with van der Waals surface area (Å²) in [5, 5.41) is 30.6. The standard InChI is InChI=1S/C16H19N2O8/c19-15(11-8-12(17(20)21)10-13(9-11)18(22)23)26-14-4-3-7-25-16(14)5-1-2-6-24-16/h8-10,14,20H,1-7H2/q-1/t14-,16+/m0/s1. The molecule has 0 radical (unpaired) electrons. The molecule has 2 aliphatic heterocycles. The van der Waals surface area contributed by atoms with Gasteiger partial charge < -0.3 is 24.6 Å². The molecular formula is C16H19N2O8-. The molecule has 10 heteroatoms. The van der Waals surface area contributed by atoms with Gasteiger partial charge in [0.1, 0.15) is 0 Å². The molecule has 26 heavy (non-hydrogen) atoms. The van der Waals surface area contributed by atoms with E-state index in [1.165, 1.54) is 0 Å². The van der Waals surface area contributed by atoms with Crippen LogP contribution in [-0.4, -0.2) is 41.2 Å². The lowest BCUT2D eigenvalue weighted by Gasteiger charge is -2.44. The summed E-state index contributed by atoms with van der Waals surface area (Å²) < 4.78 is 17.1. The first kappa shape index (κ1) is 18.5. The third-order valence-electron chi connectivity index (χ3n) is 4.53. The van der Waals surface area contributed by atoms with Crippen LogP contribution < -0.4 is 5.23 Å². The fourth-order valence-corrected chi connectivity index (χ4v) is 3.26. The smallest absolute Gasteiger partial charge is 0.338 e. The Bertz CT molecular complexity index is 679. The number of carbonyl (C=O) groups excluding carboxylic acids is 1. The maximum absolute atomic E-state index is 12.5. The van der Waals surface area contributed by atoms with Crippen molar-refractivity contribution in [3.63, 3.8) is 0 Å². The van der Waals surface area contributed by atoms with Crippen molar-refractivity contribution in [1.29, 1.82) is 0 Å². The van der Waals surface area contributed by atoms with Crippen LogP contribution in [0.25, 0.3) is 0 Å². The Kier molecular flexibility index (Phi) is 5.37. The van der Waals surface area contributed by atoms with Crippen molar-refractivity contribution in [2.75, 3.05) is 18.4 Å². The molecule has 3 rings (SSSR count). The Balaban J connectivity index is 1.83. The maximum atomic E-state index is 12.5. The van der Waals surface area contributed by atoms with E-state index in [0.717, 1.165) is 31.0 Å². The highest BCUT2D eigenvalue weighted by Gasteiger charge is 2.47. The van der Waals surface area contributed by atoms with Crippen LogP contribution in [-0.2, 0) is 14.2 Å². The molecule has 1 spiro atoms. The minimum atomic E-state index is -0.989. The molecular weight excluding hydrogens is 348 g/mol. The molecule has 2 fully saturated rings. The molecule has 142 valence electrons. The minimum Gasteiger partial charge on any atom is -0.733 e. The summed E-state index contributed by atoms with van der Waals surface area (Å²) in [6.45, 7) is 1.01. The minimum absolute atomic E-state index is 0.208. The molecule has 2 heterocycles. The topological polar surface area (TPSA) is 134 Å². The second-order valence-corrected chi connectivity index (χ2v) is 6.27. The van der Waals surface area contributed by atoms with Gasteiger partial charge in [-0.1, -0.05) is 0 Å². The number of nitro groups is 1. The predicted molar refractivity (Wildman–Crippen MR) is 87.7 cm³/mol. The van der Waals surface area contributed by atoms with Gasteiger partial charge in [0.05, 0.1) is 29.4 Å². The van der Waals surface area contributed by atoms with E-state index in [-0.39, 0.29) is 5.56 Å². The van der Waals surface area contributed by atoms with Gasteiger partial charge in [0, 0.05) is 18.6 Å². The normalized spacial score (nSPS) is 25.7. The number of ether oxygens (including phenoxy) is 3. The lowest BCUT2D eigenvalue weighted by molar-refractivity contribution is -0.384. The van der Waals surface area contributed by atoms with Crippen molar-refractivity contribution < 1.29 is 29.1 Å². The van der Waals surface area contributed by atoms with E-state index in [2.05, 4.69) is 0 Å². The number of hydrogen-bond donors (Lipinski definition) is 1. The highest BCUT2D eigenvalue weighted by molar-refractivity contribution is 5.91. The Morgan fingerprint density at radius 1 is 1.27 bits per heavy atom. The highest BCUT2D eigenvalue weighted by atomic mass is 16.8. The average Bonchev–Trinajstić information content (AvgIpc) is 2.64. The summed E-state index contributed by atoms with van der Waals surface area (Å²) in [5.74, 6) is -1.84. The number of nitro benzene ring substituents is 1. The van der Waals surface area contributed by atoms with Crippen molar-refractivity contribution in [2.24, 2.45) is 0 Å². The molecule has 0 aromatic heterocycles. The molecule has 0 amide bonds. The molecule has 0 bridgehead atoms. The number of carbonyl (C=O) groups is 1. The summed E-state index contributed by atoms with van der Waals surface area (Å²) in [6, 6.07) is 2.88. The first-order valence-corrected chi connectivity index (χ1v) is 8.36. The lowest BCUT2D eigenvalue weighted by atomic mass is 9.94. The van der Waals surface area contributed by atoms with Gasteiger partial charge in [-0.15, -0.1) is 0 Å². The van der Waals surface area contributed by atoms with E-state index >= 15 is 0 Å². The summed E-state index contributed by atoms with van der Waals surface area (Å²) in [5.41, 5.74) is -1.15. The number of non-ortho nitro benzene ring substituents is 1. The summed E-state index contributed by atoms with van der Waals surface area (Å²) in [6.07, 6.45) is 2.95. The second-order valence-electron chi connectivity index (χ2n) is 6.27. The lowest BCUT2D eigenvalue weighted by Crippen LogP contribution is -2.54. The van der Waals surface area contributed by atoms with Gasteiger partial charge in [-0.05, 0) is 31.7 Å². The van der Waals surface area contributed by atoms with E-state index in [4.69, 9.17) is 19.4 Å². The van der Waals surface area contributed by atoms with Crippen LogP contribution >= 0.6 is 0 Å². The van der Waals surface area contributed by atoms with Crippen molar-refractivity contribution >= 4 is 17.3 Å². The van der Waals surface area contributed by atoms with Crippen molar-refractivity contribution in [3.8, 4) is 0 Å².